The zero-order chi connectivity index (χ0) is 21.5. The molecule has 2 aromatic carbocycles. The molecule has 0 unspecified atom stereocenters. The van der Waals surface area contributed by atoms with E-state index in [2.05, 4.69) is 39.4 Å². The summed E-state index contributed by atoms with van der Waals surface area (Å²) < 4.78 is 10.9. The lowest BCUT2D eigenvalue weighted by molar-refractivity contribution is -0.124. The van der Waals surface area contributed by atoms with Crippen LogP contribution < -0.4 is 10.2 Å². The third-order valence-corrected chi connectivity index (χ3v) is 5.72. The highest BCUT2D eigenvalue weighted by Gasteiger charge is 2.24. The van der Waals surface area contributed by atoms with E-state index in [1.807, 2.05) is 6.07 Å². The van der Waals surface area contributed by atoms with E-state index in [1.54, 1.807) is 24.3 Å². The Morgan fingerprint density at radius 2 is 1.84 bits per heavy atom. The number of carbonyl (C=O) groups excluding carboxylic acids is 2. The van der Waals surface area contributed by atoms with Crippen LogP contribution in [-0.2, 0) is 14.3 Å². The Morgan fingerprint density at radius 1 is 1.03 bits per heavy atom. The van der Waals surface area contributed by atoms with Crippen molar-refractivity contribution in [1.82, 2.24) is 4.90 Å². The van der Waals surface area contributed by atoms with E-state index >= 15 is 0 Å². The summed E-state index contributed by atoms with van der Waals surface area (Å²) in [5, 5.41) is 2.82. The number of ether oxygens (including phenoxy) is 2. The molecule has 2 aliphatic rings. The number of amides is 1. The van der Waals surface area contributed by atoms with Crippen LogP contribution in [0.4, 0.5) is 11.4 Å². The van der Waals surface area contributed by atoms with Crippen molar-refractivity contribution in [1.29, 1.82) is 0 Å². The predicted molar refractivity (Wildman–Crippen MR) is 119 cm³/mol. The van der Waals surface area contributed by atoms with E-state index in [0.717, 1.165) is 39.0 Å². The van der Waals surface area contributed by atoms with Gasteiger partial charge in [-0.15, -0.1) is 0 Å². The molecule has 2 saturated heterocycles. The number of carbonyl (C=O) groups is 2. The number of nitrogens with zero attached hydrogens (tertiary/aromatic N) is 2. The molecule has 2 aliphatic heterocycles. The molecular formula is C24H29N3O4. The standard InChI is InChI=1S/C24H29N3O4/c28-23(22-10-5-16-30-22)25-20-7-4-6-19(18-20)24(29)31-17-15-26-11-13-27(14-12-26)21-8-2-1-3-9-21/h1-4,6-9,18,22H,5,10-17H2,(H,25,28)/t22-/m0/s1. The third-order valence-electron chi connectivity index (χ3n) is 5.72. The Balaban J connectivity index is 1.20. The number of para-hydroxylation sites is 1. The van der Waals surface area contributed by atoms with Crippen LogP contribution in [0.1, 0.15) is 23.2 Å². The maximum Gasteiger partial charge on any atom is 0.338 e. The minimum absolute atomic E-state index is 0.169. The fourth-order valence-electron chi connectivity index (χ4n) is 3.95. The Bertz CT molecular complexity index is 875. The molecule has 2 aromatic rings. The van der Waals surface area contributed by atoms with Crippen molar-refractivity contribution < 1.29 is 19.1 Å². The first-order valence-electron chi connectivity index (χ1n) is 10.9. The average Bonchev–Trinajstić information content (AvgIpc) is 3.36. The zero-order valence-corrected chi connectivity index (χ0v) is 17.7. The second-order valence-corrected chi connectivity index (χ2v) is 7.87. The van der Waals surface area contributed by atoms with Gasteiger partial charge in [-0.3, -0.25) is 9.69 Å². The summed E-state index contributed by atoms with van der Waals surface area (Å²) in [6, 6.07) is 17.3. The summed E-state index contributed by atoms with van der Waals surface area (Å²) in [5.41, 5.74) is 2.26. The maximum atomic E-state index is 12.4. The molecule has 164 valence electrons. The van der Waals surface area contributed by atoms with E-state index in [-0.39, 0.29) is 11.9 Å². The normalized spacial score (nSPS) is 19.2. The number of nitrogens with one attached hydrogen (secondary N) is 1. The zero-order valence-electron chi connectivity index (χ0n) is 17.7. The van der Waals surface area contributed by atoms with Crippen LogP contribution >= 0.6 is 0 Å². The molecular weight excluding hydrogens is 394 g/mol. The second-order valence-electron chi connectivity index (χ2n) is 7.87. The predicted octanol–water partition coefficient (Wildman–Crippen LogP) is 2.78. The van der Waals surface area contributed by atoms with Gasteiger partial charge in [0.15, 0.2) is 0 Å². The van der Waals surface area contributed by atoms with Crippen LogP contribution in [0, 0.1) is 0 Å². The Hall–Kier alpha value is -2.90. The second kappa shape index (κ2) is 10.4. The number of hydrogen-bond donors (Lipinski definition) is 1. The lowest BCUT2D eigenvalue weighted by Crippen LogP contribution is -2.47. The fourth-order valence-corrected chi connectivity index (χ4v) is 3.95. The van der Waals surface area contributed by atoms with Gasteiger partial charge in [0, 0.05) is 50.7 Å². The summed E-state index contributed by atoms with van der Waals surface area (Å²) in [6.07, 6.45) is 1.22. The van der Waals surface area contributed by atoms with Gasteiger partial charge in [-0.2, -0.15) is 0 Å². The Kier molecular flexibility index (Phi) is 7.17. The summed E-state index contributed by atoms with van der Waals surface area (Å²) in [6.45, 7) is 5.48. The smallest absolute Gasteiger partial charge is 0.338 e. The van der Waals surface area contributed by atoms with Crippen LogP contribution in [0.3, 0.4) is 0 Å². The van der Waals surface area contributed by atoms with Crippen LogP contribution in [0.15, 0.2) is 54.6 Å². The van der Waals surface area contributed by atoms with Crippen LogP contribution in [-0.4, -0.2) is 68.8 Å². The van der Waals surface area contributed by atoms with Crippen molar-refractivity contribution in [2.75, 3.05) is 56.2 Å². The first kappa shape index (κ1) is 21.3. The molecule has 0 bridgehead atoms. The summed E-state index contributed by atoms with van der Waals surface area (Å²) >= 11 is 0. The lowest BCUT2D eigenvalue weighted by Gasteiger charge is -2.35. The molecule has 0 spiro atoms. The highest BCUT2D eigenvalue weighted by Crippen LogP contribution is 2.17. The van der Waals surface area contributed by atoms with Crippen LogP contribution in [0.25, 0.3) is 0 Å². The maximum absolute atomic E-state index is 12.4. The molecule has 0 saturated carbocycles. The van der Waals surface area contributed by atoms with Gasteiger partial charge in [-0.1, -0.05) is 24.3 Å². The van der Waals surface area contributed by atoms with E-state index in [0.29, 0.717) is 31.0 Å². The number of anilines is 2. The minimum Gasteiger partial charge on any atom is -0.461 e. The molecule has 0 aliphatic carbocycles. The molecule has 0 radical (unpaired) electrons. The van der Waals surface area contributed by atoms with Crippen molar-refractivity contribution in [3.8, 4) is 0 Å². The highest BCUT2D eigenvalue weighted by molar-refractivity contribution is 5.96. The monoisotopic (exact) mass is 423 g/mol. The van der Waals surface area contributed by atoms with Crippen LogP contribution in [0.5, 0.6) is 0 Å². The highest BCUT2D eigenvalue weighted by atomic mass is 16.5. The van der Waals surface area contributed by atoms with Crippen molar-refractivity contribution in [3.63, 3.8) is 0 Å². The first-order chi connectivity index (χ1) is 15.2. The molecule has 31 heavy (non-hydrogen) atoms. The fraction of sp³-hybridized carbons (Fsp3) is 0.417. The van der Waals surface area contributed by atoms with E-state index in [4.69, 9.17) is 9.47 Å². The van der Waals surface area contributed by atoms with Gasteiger partial charge in [0.05, 0.1) is 5.56 Å². The minimum atomic E-state index is -0.405. The summed E-state index contributed by atoms with van der Waals surface area (Å²) in [5.74, 6) is -0.547. The van der Waals surface area contributed by atoms with E-state index < -0.39 is 6.10 Å². The van der Waals surface area contributed by atoms with Crippen molar-refractivity contribution in [3.05, 3.63) is 60.2 Å². The Labute approximate surface area is 182 Å². The molecule has 7 heteroatoms. The van der Waals surface area contributed by atoms with Gasteiger partial charge in [-0.25, -0.2) is 4.79 Å². The quantitative estimate of drug-likeness (QED) is 0.691. The molecule has 1 atom stereocenters. The van der Waals surface area contributed by atoms with Gasteiger partial charge in [0.25, 0.3) is 5.91 Å². The number of benzene rings is 2. The van der Waals surface area contributed by atoms with Gasteiger partial charge < -0.3 is 19.7 Å². The lowest BCUT2D eigenvalue weighted by atomic mass is 10.2. The molecule has 2 heterocycles. The molecule has 4 rings (SSSR count). The van der Waals surface area contributed by atoms with Gasteiger partial charge in [0.2, 0.25) is 0 Å². The molecule has 2 fully saturated rings. The largest absolute Gasteiger partial charge is 0.461 e. The number of esters is 1. The van der Waals surface area contributed by atoms with Crippen molar-refractivity contribution in [2.24, 2.45) is 0 Å². The molecule has 0 aromatic heterocycles. The van der Waals surface area contributed by atoms with Crippen molar-refractivity contribution >= 4 is 23.3 Å². The Morgan fingerprint density at radius 3 is 2.58 bits per heavy atom. The van der Waals surface area contributed by atoms with Gasteiger partial charge in [0.1, 0.15) is 12.7 Å². The molecule has 7 nitrogen and oxygen atoms in total. The third kappa shape index (κ3) is 5.83. The van der Waals surface area contributed by atoms with E-state index in [9.17, 15) is 9.59 Å². The number of rotatable bonds is 7. The van der Waals surface area contributed by atoms with Crippen LogP contribution in [0.2, 0.25) is 0 Å². The molecule has 1 N–H and O–H groups in total. The summed E-state index contributed by atoms with van der Waals surface area (Å²) in [7, 11) is 0. The summed E-state index contributed by atoms with van der Waals surface area (Å²) in [4.78, 5) is 29.3. The topological polar surface area (TPSA) is 71.1 Å². The van der Waals surface area contributed by atoms with E-state index in [1.165, 1.54) is 5.69 Å². The van der Waals surface area contributed by atoms with Gasteiger partial charge in [-0.05, 0) is 43.2 Å². The average molecular weight is 424 g/mol. The first-order valence-corrected chi connectivity index (χ1v) is 10.9. The van der Waals surface area contributed by atoms with Crippen molar-refractivity contribution in [2.45, 2.75) is 18.9 Å². The number of hydrogen-bond acceptors (Lipinski definition) is 6. The number of piperazine rings is 1. The SMILES string of the molecule is O=C(OCCN1CCN(c2ccccc2)CC1)c1cccc(NC(=O)[C@@H]2CCCO2)c1. The molecule has 1 amide bonds. The van der Waals surface area contributed by atoms with Gasteiger partial charge >= 0.3 is 5.97 Å².